The second-order valence-electron chi connectivity index (χ2n) is 4.04. The van der Waals surface area contributed by atoms with Gasteiger partial charge in [0, 0.05) is 25.7 Å². The van der Waals surface area contributed by atoms with Crippen LogP contribution in [0.3, 0.4) is 0 Å². The van der Waals surface area contributed by atoms with Gasteiger partial charge < -0.3 is 10.4 Å². The molecule has 2 N–H and O–H groups in total. The van der Waals surface area contributed by atoms with Crippen molar-refractivity contribution in [3.8, 4) is 0 Å². The third-order valence-electron chi connectivity index (χ3n) is 2.38. The Balaban J connectivity index is 2.11. The molecule has 0 aliphatic rings. The maximum atomic E-state index is 8.87. The van der Waals surface area contributed by atoms with E-state index < -0.39 is 0 Å². The second kappa shape index (κ2) is 6.53. The highest BCUT2D eigenvalue weighted by molar-refractivity contribution is 4.65. The molecule has 1 heterocycles. The number of nitrogens with one attached hydrogen (secondary N) is 1. The molecule has 0 aliphatic heterocycles. The van der Waals surface area contributed by atoms with E-state index in [4.69, 9.17) is 5.11 Å². The molecule has 0 saturated heterocycles. The Hall–Kier alpha value is -0.940. The smallest absolute Gasteiger partial charge is 0.137 e. The van der Waals surface area contributed by atoms with Gasteiger partial charge in [-0.1, -0.05) is 6.92 Å². The van der Waals surface area contributed by atoms with Gasteiger partial charge in [0.2, 0.25) is 0 Å². The van der Waals surface area contributed by atoms with Crippen molar-refractivity contribution in [2.45, 2.75) is 32.9 Å². The first-order valence-corrected chi connectivity index (χ1v) is 5.39. The Morgan fingerprint density at radius 3 is 2.87 bits per heavy atom. The van der Waals surface area contributed by atoms with E-state index in [1.54, 1.807) is 12.7 Å². The van der Waals surface area contributed by atoms with Crippen molar-refractivity contribution in [3.63, 3.8) is 0 Å². The Morgan fingerprint density at radius 1 is 1.47 bits per heavy atom. The number of rotatable bonds is 7. The Morgan fingerprint density at radius 2 is 2.27 bits per heavy atom. The van der Waals surface area contributed by atoms with Gasteiger partial charge >= 0.3 is 0 Å². The molecular weight excluding hydrogens is 192 g/mol. The van der Waals surface area contributed by atoms with Gasteiger partial charge in [-0.3, -0.25) is 4.68 Å². The van der Waals surface area contributed by atoms with Gasteiger partial charge in [0.15, 0.2) is 0 Å². The molecule has 1 aromatic rings. The van der Waals surface area contributed by atoms with Crippen molar-refractivity contribution in [1.29, 1.82) is 0 Å². The number of aliphatic hydroxyl groups is 1. The molecule has 0 spiro atoms. The fraction of sp³-hybridized carbons (Fsp3) is 0.800. The number of hydrogen-bond acceptors (Lipinski definition) is 4. The van der Waals surface area contributed by atoms with Crippen LogP contribution < -0.4 is 5.32 Å². The summed E-state index contributed by atoms with van der Waals surface area (Å²) in [6.45, 7) is 6.14. The van der Waals surface area contributed by atoms with Crippen molar-refractivity contribution in [2.75, 3.05) is 13.2 Å². The van der Waals surface area contributed by atoms with Gasteiger partial charge in [0.25, 0.3) is 0 Å². The molecule has 1 rings (SSSR count). The molecule has 0 aliphatic carbocycles. The van der Waals surface area contributed by atoms with E-state index in [9.17, 15) is 0 Å². The molecule has 2 atom stereocenters. The molecule has 0 bridgehead atoms. The van der Waals surface area contributed by atoms with E-state index in [2.05, 4.69) is 22.3 Å². The van der Waals surface area contributed by atoms with Crippen LogP contribution in [-0.4, -0.2) is 39.1 Å². The SMILES string of the molecule is CC(CO)CNC(C)CCn1cncn1. The Bertz CT molecular complexity index is 250. The van der Waals surface area contributed by atoms with Gasteiger partial charge in [0.05, 0.1) is 0 Å². The van der Waals surface area contributed by atoms with Gasteiger partial charge in [-0.15, -0.1) is 0 Å². The van der Waals surface area contributed by atoms with Gasteiger partial charge in [-0.25, -0.2) is 4.98 Å². The first kappa shape index (κ1) is 12.1. The summed E-state index contributed by atoms with van der Waals surface area (Å²) in [4.78, 5) is 3.89. The first-order valence-electron chi connectivity index (χ1n) is 5.39. The maximum Gasteiger partial charge on any atom is 0.137 e. The van der Waals surface area contributed by atoms with Crippen LogP contribution in [0.4, 0.5) is 0 Å². The lowest BCUT2D eigenvalue weighted by Crippen LogP contribution is -2.32. The molecule has 15 heavy (non-hydrogen) atoms. The Labute approximate surface area is 90.5 Å². The summed E-state index contributed by atoms with van der Waals surface area (Å²) < 4.78 is 1.83. The third kappa shape index (κ3) is 4.90. The van der Waals surface area contributed by atoms with Crippen LogP contribution >= 0.6 is 0 Å². The van der Waals surface area contributed by atoms with Crippen molar-refractivity contribution in [3.05, 3.63) is 12.7 Å². The fourth-order valence-electron chi connectivity index (χ4n) is 1.24. The predicted molar refractivity (Wildman–Crippen MR) is 58.4 cm³/mol. The number of aromatic nitrogens is 3. The van der Waals surface area contributed by atoms with Crippen LogP contribution in [-0.2, 0) is 6.54 Å². The number of hydrogen-bond donors (Lipinski definition) is 2. The molecule has 86 valence electrons. The van der Waals surface area contributed by atoms with Crippen LogP contribution in [0.5, 0.6) is 0 Å². The van der Waals surface area contributed by atoms with E-state index in [0.29, 0.717) is 12.0 Å². The summed E-state index contributed by atoms with van der Waals surface area (Å²) >= 11 is 0. The number of aliphatic hydroxyl groups excluding tert-OH is 1. The van der Waals surface area contributed by atoms with Crippen LogP contribution in [0.15, 0.2) is 12.7 Å². The molecule has 0 amide bonds. The highest BCUT2D eigenvalue weighted by Gasteiger charge is 2.04. The lowest BCUT2D eigenvalue weighted by molar-refractivity contribution is 0.229. The topological polar surface area (TPSA) is 63.0 Å². The largest absolute Gasteiger partial charge is 0.396 e. The molecule has 0 saturated carbocycles. The lowest BCUT2D eigenvalue weighted by Gasteiger charge is -2.16. The van der Waals surface area contributed by atoms with E-state index in [0.717, 1.165) is 19.5 Å². The van der Waals surface area contributed by atoms with Crippen LogP contribution in [0.2, 0.25) is 0 Å². The lowest BCUT2D eigenvalue weighted by atomic mass is 10.1. The summed E-state index contributed by atoms with van der Waals surface area (Å²) in [7, 11) is 0. The summed E-state index contributed by atoms with van der Waals surface area (Å²) in [6, 6.07) is 0.434. The standard InChI is InChI=1S/C10H20N4O/c1-9(6-15)5-12-10(2)3-4-14-8-11-7-13-14/h7-10,12,15H,3-6H2,1-2H3. The highest BCUT2D eigenvalue weighted by Crippen LogP contribution is 1.96. The normalized spacial score (nSPS) is 15.1. The monoisotopic (exact) mass is 212 g/mol. The van der Waals surface area contributed by atoms with Crippen LogP contribution in [0.1, 0.15) is 20.3 Å². The number of nitrogens with zero attached hydrogens (tertiary/aromatic N) is 3. The summed E-state index contributed by atoms with van der Waals surface area (Å²) in [5, 5.41) is 16.3. The van der Waals surface area contributed by atoms with Gasteiger partial charge in [0.1, 0.15) is 12.7 Å². The summed E-state index contributed by atoms with van der Waals surface area (Å²) in [5.74, 6) is 0.318. The average Bonchev–Trinajstić information content (AvgIpc) is 2.75. The van der Waals surface area contributed by atoms with E-state index in [1.165, 1.54) is 0 Å². The predicted octanol–water partition coefficient (Wildman–Crippen LogP) is 0.275. The summed E-state index contributed by atoms with van der Waals surface area (Å²) in [6.07, 6.45) is 4.29. The van der Waals surface area contributed by atoms with E-state index >= 15 is 0 Å². The van der Waals surface area contributed by atoms with Gasteiger partial charge in [-0.2, -0.15) is 5.10 Å². The summed E-state index contributed by atoms with van der Waals surface area (Å²) in [5.41, 5.74) is 0. The van der Waals surface area contributed by atoms with Crippen molar-refractivity contribution in [1.82, 2.24) is 20.1 Å². The van der Waals surface area contributed by atoms with Crippen LogP contribution in [0, 0.1) is 5.92 Å². The minimum absolute atomic E-state index is 0.239. The zero-order chi connectivity index (χ0) is 11.1. The molecular formula is C10H20N4O. The molecule has 1 aromatic heterocycles. The van der Waals surface area contributed by atoms with E-state index in [-0.39, 0.29) is 6.61 Å². The third-order valence-corrected chi connectivity index (χ3v) is 2.38. The minimum Gasteiger partial charge on any atom is -0.396 e. The number of aryl methyl sites for hydroxylation is 1. The zero-order valence-electron chi connectivity index (χ0n) is 9.43. The maximum absolute atomic E-state index is 8.87. The van der Waals surface area contributed by atoms with E-state index in [1.807, 2.05) is 11.6 Å². The van der Waals surface area contributed by atoms with Crippen LogP contribution in [0.25, 0.3) is 0 Å². The van der Waals surface area contributed by atoms with Crippen molar-refractivity contribution < 1.29 is 5.11 Å². The highest BCUT2D eigenvalue weighted by atomic mass is 16.3. The first-order chi connectivity index (χ1) is 7.22. The molecule has 0 fully saturated rings. The molecule has 5 heteroatoms. The van der Waals surface area contributed by atoms with Gasteiger partial charge in [-0.05, 0) is 19.3 Å². The zero-order valence-corrected chi connectivity index (χ0v) is 9.43. The Kier molecular flexibility index (Phi) is 5.28. The molecule has 2 unspecified atom stereocenters. The van der Waals surface area contributed by atoms with Crippen molar-refractivity contribution in [2.24, 2.45) is 5.92 Å². The molecule has 0 radical (unpaired) electrons. The quantitative estimate of drug-likeness (QED) is 0.681. The fourth-order valence-corrected chi connectivity index (χ4v) is 1.24. The molecule has 0 aromatic carbocycles. The average molecular weight is 212 g/mol. The van der Waals surface area contributed by atoms with Crippen molar-refractivity contribution >= 4 is 0 Å². The molecule has 5 nitrogen and oxygen atoms in total. The minimum atomic E-state index is 0.239. The second-order valence-corrected chi connectivity index (χ2v) is 4.04.